The predicted octanol–water partition coefficient (Wildman–Crippen LogP) is 0.380. The molecule has 1 aromatic rings. The van der Waals surface area contributed by atoms with Crippen molar-refractivity contribution in [2.75, 3.05) is 12.3 Å². The van der Waals surface area contributed by atoms with Crippen molar-refractivity contribution >= 4 is 15.7 Å². The molecule has 0 radical (unpaired) electrons. The number of hydrogen-bond donors (Lipinski definition) is 3. The molecule has 0 aliphatic heterocycles. The quantitative estimate of drug-likeness (QED) is 0.679. The first-order valence-electron chi connectivity index (χ1n) is 5.40. The van der Waals surface area contributed by atoms with Gasteiger partial charge in [-0.25, -0.2) is 13.1 Å². The zero-order chi connectivity index (χ0) is 12.7. The van der Waals surface area contributed by atoms with Gasteiger partial charge in [-0.15, -0.1) is 0 Å². The summed E-state index contributed by atoms with van der Waals surface area (Å²) >= 11 is 0. The molecule has 0 saturated heterocycles. The molecule has 17 heavy (non-hydrogen) atoms. The van der Waals surface area contributed by atoms with E-state index in [2.05, 4.69) is 4.72 Å². The molecule has 0 spiro atoms. The van der Waals surface area contributed by atoms with Crippen LogP contribution in [0, 0.1) is 6.92 Å². The maximum absolute atomic E-state index is 12.1. The molecule has 1 aliphatic rings. The van der Waals surface area contributed by atoms with E-state index in [9.17, 15) is 8.42 Å². The molecule has 1 saturated carbocycles. The van der Waals surface area contributed by atoms with Gasteiger partial charge in [0.25, 0.3) is 0 Å². The van der Waals surface area contributed by atoms with E-state index < -0.39 is 15.6 Å². The molecule has 1 aliphatic carbocycles. The average molecular weight is 256 g/mol. The van der Waals surface area contributed by atoms with E-state index in [0.29, 0.717) is 12.8 Å². The van der Waals surface area contributed by atoms with Crippen LogP contribution in [0.15, 0.2) is 23.1 Å². The van der Waals surface area contributed by atoms with Gasteiger partial charge in [-0.2, -0.15) is 0 Å². The van der Waals surface area contributed by atoms with E-state index in [4.69, 9.17) is 10.8 Å². The number of aliphatic hydroxyl groups is 1. The fourth-order valence-corrected chi connectivity index (χ4v) is 3.26. The summed E-state index contributed by atoms with van der Waals surface area (Å²) in [4.78, 5) is 0.0721. The van der Waals surface area contributed by atoms with Gasteiger partial charge in [0.2, 0.25) is 10.0 Å². The second kappa shape index (κ2) is 3.97. The maximum Gasteiger partial charge on any atom is 0.243 e. The van der Waals surface area contributed by atoms with Crippen LogP contribution in [-0.4, -0.2) is 25.7 Å². The lowest BCUT2D eigenvalue weighted by Gasteiger charge is -2.15. The molecule has 0 unspecified atom stereocenters. The number of nitrogens with two attached hydrogens (primary N) is 1. The summed E-state index contributed by atoms with van der Waals surface area (Å²) in [6, 6.07) is 4.80. The Balaban J connectivity index is 2.32. The molecule has 6 heteroatoms. The third-order valence-corrected chi connectivity index (χ3v) is 4.61. The van der Waals surface area contributed by atoms with Crippen molar-refractivity contribution in [2.24, 2.45) is 0 Å². The summed E-state index contributed by atoms with van der Waals surface area (Å²) in [5, 5.41) is 9.12. The van der Waals surface area contributed by atoms with Crippen molar-refractivity contribution in [2.45, 2.75) is 30.2 Å². The summed E-state index contributed by atoms with van der Waals surface area (Å²) in [5.74, 6) is 0. The topological polar surface area (TPSA) is 92.4 Å². The number of rotatable bonds is 4. The molecule has 2 rings (SSSR count). The van der Waals surface area contributed by atoms with Gasteiger partial charge in [-0.1, -0.05) is 6.07 Å². The minimum absolute atomic E-state index is 0.0721. The highest BCUT2D eigenvalue weighted by Gasteiger charge is 2.45. The van der Waals surface area contributed by atoms with Crippen molar-refractivity contribution in [3.05, 3.63) is 23.8 Å². The van der Waals surface area contributed by atoms with E-state index in [1.165, 1.54) is 6.07 Å². The van der Waals surface area contributed by atoms with E-state index >= 15 is 0 Å². The highest BCUT2D eigenvalue weighted by Crippen LogP contribution is 2.36. The van der Waals surface area contributed by atoms with Crippen LogP contribution < -0.4 is 10.5 Å². The summed E-state index contributed by atoms with van der Waals surface area (Å²) in [6.07, 6.45) is 1.32. The van der Waals surface area contributed by atoms with Gasteiger partial charge in [0.15, 0.2) is 0 Å². The molecule has 4 N–H and O–H groups in total. The van der Waals surface area contributed by atoms with Gasteiger partial charge < -0.3 is 10.8 Å². The van der Waals surface area contributed by atoms with Crippen molar-refractivity contribution in [1.82, 2.24) is 4.72 Å². The summed E-state index contributed by atoms with van der Waals surface area (Å²) in [6.45, 7) is 1.66. The molecule has 1 aromatic carbocycles. The SMILES string of the molecule is Cc1ccc(S(=O)(=O)NC2(CO)CC2)c(N)c1. The largest absolute Gasteiger partial charge is 0.398 e. The Labute approximate surface area is 101 Å². The average Bonchev–Trinajstić information content (AvgIpc) is 2.97. The Hall–Kier alpha value is -1.11. The molecule has 0 atom stereocenters. The van der Waals surface area contributed by atoms with Gasteiger partial charge in [0.05, 0.1) is 17.8 Å². The Bertz CT molecular complexity index is 536. The Morgan fingerprint density at radius 1 is 1.47 bits per heavy atom. The first-order valence-corrected chi connectivity index (χ1v) is 6.88. The minimum atomic E-state index is -3.65. The minimum Gasteiger partial charge on any atom is -0.398 e. The smallest absolute Gasteiger partial charge is 0.243 e. The third kappa shape index (κ3) is 2.43. The molecule has 5 nitrogen and oxygen atoms in total. The van der Waals surface area contributed by atoms with Crippen molar-refractivity contribution in [3.63, 3.8) is 0 Å². The van der Waals surface area contributed by atoms with Gasteiger partial charge in [0, 0.05) is 0 Å². The first kappa shape index (κ1) is 12.3. The van der Waals surface area contributed by atoms with Crippen LogP contribution in [0.3, 0.4) is 0 Å². The number of sulfonamides is 1. The summed E-state index contributed by atoms with van der Waals surface area (Å²) in [5.41, 5.74) is 6.17. The lowest BCUT2D eigenvalue weighted by Crippen LogP contribution is -2.39. The van der Waals surface area contributed by atoms with E-state index in [-0.39, 0.29) is 17.2 Å². The van der Waals surface area contributed by atoms with Crippen LogP contribution in [0.5, 0.6) is 0 Å². The Kier molecular flexibility index (Phi) is 2.89. The van der Waals surface area contributed by atoms with Gasteiger partial charge >= 0.3 is 0 Å². The van der Waals surface area contributed by atoms with Crippen LogP contribution >= 0.6 is 0 Å². The lowest BCUT2D eigenvalue weighted by molar-refractivity contribution is 0.246. The number of benzene rings is 1. The zero-order valence-corrected chi connectivity index (χ0v) is 10.4. The third-order valence-electron chi connectivity index (χ3n) is 2.96. The summed E-state index contributed by atoms with van der Waals surface area (Å²) in [7, 11) is -3.65. The molecular weight excluding hydrogens is 240 g/mol. The molecule has 0 bridgehead atoms. The fourth-order valence-electron chi connectivity index (χ4n) is 1.70. The number of nitrogens with one attached hydrogen (secondary N) is 1. The van der Waals surface area contributed by atoms with E-state index in [0.717, 1.165) is 5.56 Å². The van der Waals surface area contributed by atoms with Crippen LogP contribution in [0.2, 0.25) is 0 Å². The standard InChI is InChI=1S/C11H16N2O3S/c1-8-2-3-10(9(12)6-8)17(15,16)13-11(7-14)4-5-11/h2-3,6,13-14H,4-5,7,12H2,1H3. The van der Waals surface area contributed by atoms with Gasteiger partial charge in [-0.3, -0.25) is 0 Å². The molecule has 94 valence electrons. The normalized spacial score (nSPS) is 18.0. The number of aryl methyl sites for hydroxylation is 1. The van der Waals surface area contributed by atoms with Crippen molar-refractivity contribution < 1.29 is 13.5 Å². The fraction of sp³-hybridized carbons (Fsp3) is 0.455. The monoisotopic (exact) mass is 256 g/mol. The molecule has 0 heterocycles. The van der Waals surface area contributed by atoms with Gasteiger partial charge in [-0.05, 0) is 37.5 Å². The molecule has 1 fully saturated rings. The second-order valence-electron chi connectivity index (χ2n) is 4.59. The van der Waals surface area contributed by atoms with Gasteiger partial charge in [0.1, 0.15) is 4.90 Å². The predicted molar refractivity (Wildman–Crippen MR) is 65.0 cm³/mol. The van der Waals surface area contributed by atoms with E-state index in [1.807, 2.05) is 6.92 Å². The number of hydrogen-bond acceptors (Lipinski definition) is 4. The number of aliphatic hydroxyl groups excluding tert-OH is 1. The van der Waals surface area contributed by atoms with E-state index in [1.54, 1.807) is 12.1 Å². The molecule has 0 aromatic heterocycles. The van der Waals surface area contributed by atoms with Crippen molar-refractivity contribution in [3.8, 4) is 0 Å². The second-order valence-corrected chi connectivity index (χ2v) is 6.24. The lowest BCUT2D eigenvalue weighted by atomic mass is 10.2. The zero-order valence-electron chi connectivity index (χ0n) is 9.60. The van der Waals surface area contributed by atoms with Crippen molar-refractivity contribution in [1.29, 1.82) is 0 Å². The Morgan fingerprint density at radius 3 is 2.59 bits per heavy atom. The van der Waals surface area contributed by atoms with Crippen LogP contribution in [0.25, 0.3) is 0 Å². The molecular formula is C11H16N2O3S. The maximum atomic E-state index is 12.1. The highest BCUT2D eigenvalue weighted by molar-refractivity contribution is 7.89. The molecule has 0 amide bonds. The van der Waals surface area contributed by atoms with Crippen LogP contribution in [-0.2, 0) is 10.0 Å². The number of anilines is 1. The summed E-state index contributed by atoms with van der Waals surface area (Å²) < 4.78 is 26.7. The highest BCUT2D eigenvalue weighted by atomic mass is 32.2. The Morgan fingerprint density at radius 2 is 2.12 bits per heavy atom. The first-order chi connectivity index (χ1) is 7.88. The van der Waals surface area contributed by atoms with Crippen LogP contribution in [0.4, 0.5) is 5.69 Å². The number of nitrogen functional groups attached to an aromatic ring is 1. The van der Waals surface area contributed by atoms with Crippen LogP contribution in [0.1, 0.15) is 18.4 Å².